The van der Waals surface area contributed by atoms with Gasteiger partial charge < -0.3 is 10.1 Å². The van der Waals surface area contributed by atoms with Crippen molar-refractivity contribution in [2.45, 2.75) is 18.6 Å². The standard InChI is InChI=1S/C8H12F3NO4S/c9-8(10,11)5-16-3-7(13)12-6-1-2-17(14,15)4-6/h6H,1-5H2,(H,12,13)/t6-/m0/s1. The Bertz CT molecular complexity index is 379. The molecule has 1 heterocycles. The van der Waals surface area contributed by atoms with Crippen LogP contribution in [0.15, 0.2) is 0 Å². The summed E-state index contributed by atoms with van der Waals surface area (Å²) in [6, 6.07) is -0.526. The molecule has 17 heavy (non-hydrogen) atoms. The number of carbonyl (C=O) groups excluding carboxylic acids is 1. The minimum atomic E-state index is -4.48. The zero-order valence-corrected chi connectivity index (χ0v) is 9.60. The predicted octanol–water partition coefficient (Wildman–Crippen LogP) is -0.131. The molecule has 1 aliphatic rings. The second-order valence-electron chi connectivity index (χ2n) is 3.78. The second-order valence-corrected chi connectivity index (χ2v) is 6.00. The molecule has 1 saturated heterocycles. The van der Waals surface area contributed by atoms with E-state index in [9.17, 15) is 26.4 Å². The van der Waals surface area contributed by atoms with E-state index in [-0.39, 0.29) is 17.9 Å². The molecule has 5 nitrogen and oxygen atoms in total. The van der Waals surface area contributed by atoms with Crippen molar-refractivity contribution in [3.8, 4) is 0 Å². The van der Waals surface area contributed by atoms with Gasteiger partial charge in [0.15, 0.2) is 9.84 Å². The predicted molar refractivity (Wildman–Crippen MR) is 52.1 cm³/mol. The molecule has 0 spiro atoms. The molecule has 100 valence electrons. The van der Waals surface area contributed by atoms with E-state index in [0.29, 0.717) is 0 Å². The van der Waals surface area contributed by atoms with Crippen molar-refractivity contribution < 1.29 is 31.1 Å². The summed E-state index contributed by atoms with van der Waals surface area (Å²) < 4.78 is 61.2. The van der Waals surface area contributed by atoms with Gasteiger partial charge in [-0.15, -0.1) is 0 Å². The summed E-state index contributed by atoms with van der Waals surface area (Å²) >= 11 is 0. The topological polar surface area (TPSA) is 72.5 Å². The van der Waals surface area contributed by atoms with Crippen molar-refractivity contribution in [1.29, 1.82) is 0 Å². The molecule has 1 amide bonds. The van der Waals surface area contributed by atoms with E-state index in [0.717, 1.165) is 0 Å². The Morgan fingerprint density at radius 1 is 1.41 bits per heavy atom. The van der Waals surface area contributed by atoms with E-state index in [4.69, 9.17) is 0 Å². The summed E-state index contributed by atoms with van der Waals surface area (Å²) in [4.78, 5) is 11.1. The number of sulfone groups is 1. The second kappa shape index (κ2) is 5.21. The highest BCUT2D eigenvalue weighted by Gasteiger charge is 2.30. The molecule has 1 aliphatic heterocycles. The van der Waals surface area contributed by atoms with Gasteiger partial charge >= 0.3 is 6.18 Å². The smallest absolute Gasteiger partial charge is 0.362 e. The number of hydrogen-bond acceptors (Lipinski definition) is 4. The maximum atomic E-state index is 11.7. The van der Waals surface area contributed by atoms with Crippen LogP contribution >= 0.6 is 0 Å². The molecule has 0 radical (unpaired) electrons. The fraction of sp³-hybridized carbons (Fsp3) is 0.875. The van der Waals surface area contributed by atoms with Gasteiger partial charge in [0.1, 0.15) is 13.2 Å². The van der Waals surface area contributed by atoms with E-state index < -0.39 is 41.2 Å². The zero-order chi connectivity index (χ0) is 13.1. The Balaban J connectivity index is 2.22. The van der Waals surface area contributed by atoms with E-state index in [2.05, 4.69) is 10.1 Å². The fourth-order valence-electron chi connectivity index (χ4n) is 1.44. The number of alkyl halides is 3. The molecule has 1 atom stereocenters. The van der Waals surface area contributed by atoms with Gasteiger partial charge in [0.25, 0.3) is 0 Å². The molecule has 0 bridgehead atoms. The average molecular weight is 275 g/mol. The average Bonchev–Trinajstić information content (AvgIpc) is 2.42. The third-order valence-electron chi connectivity index (χ3n) is 2.10. The highest BCUT2D eigenvalue weighted by molar-refractivity contribution is 7.91. The fourth-order valence-corrected chi connectivity index (χ4v) is 3.11. The van der Waals surface area contributed by atoms with Crippen molar-refractivity contribution in [1.82, 2.24) is 5.32 Å². The minimum absolute atomic E-state index is 0.0125. The summed E-state index contributed by atoms with van der Waals surface area (Å²) in [5, 5.41) is 2.31. The summed E-state index contributed by atoms with van der Waals surface area (Å²) in [5.74, 6) is -0.921. The summed E-state index contributed by atoms with van der Waals surface area (Å²) in [7, 11) is -3.12. The van der Waals surface area contributed by atoms with Crippen molar-refractivity contribution in [3.05, 3.63) is 0 Å². The Hall–Kier alpha value is -0.830. The van der Waals surface area contributed by atoms with E-state index in [1.54, 1.807) is 0 Å². The number of carbonyl (C=O) groups is 1. The number of amides is 1. The Morgan fingerprint density at radius 3 is 2.53 bits per heavy atom. The van der Waals surface area contributed by atoms with Crippen LogP contribution in [-0.2, 0) is 19.4 Å². The molecule has 0 aliphatic carbocycles. The quantitative estimate of drug-likeness (QED) is 0.775. The lowest BCUT2D eigenvalue weighted by Gasteiger charge is -2.11. The molecule has 0 aromatic carbocycles. The SMILES string of the molecule is O=C(COCC(F)(F)F)N[C@H]1CCS(=O)(=O)C1. The van der Waals surface area contributed by atoms with Gasteiger partial charge in [-0.2, -0.15) is 13.2 Å². The van der Waals surface area contributed by atoms with Crippen molar-refractivity contribution >= 4 is 15.7 Å². The van der Waals surface area contributed by atoms with Gasteiger partial charge in [0.2, 0.25) is 5.91 Å². The van der Waals surface area contributed by atoms with Gasteiger partial charge in [-0.05, 0) is 6.42 Å². The van der Waals surface area contributed by atoms with E-state index >= 15 is 0 Å². The molecule has 1 fully saturated rings. The first-order valence-electron chi connectivity index (χ1n) is 4.82. The molecule has 0 aromatic rings. The normalized spacial score (nSPS) is 23.6. The van der Waals surface area contributed by atoms with E-state index in [1.807, 2.05) is 0 Å². The molecule has 0 aromatic heterocycles. The summed E-state index contributed by atoms with van der Waals surface area (Å²) in [6.45, 7) is -2.22. The lowest BCUT2D eigenvalue weighted by atomic mass is 10.2. The Morgan fingerprint density at radius 2 is 2.06 bits per heavy atom. The van der Waals surface area contributed by atoms with Crippen LogP contribution in [0.5, 0.6) is 0 Å². The zero-order valence-electron chi connectivity index (χ0n) is 8.79. The van der Waals surface area contributed by atoms with Crippen LogP contribution in [0.25, 0.3) is 0 Å². The molecule has 1 N–H and O–H groups in total. The van der Waals surface area contributed by atoms with Gasteiger partial charge in [-0.1, -0.05) is 0 Å². The lowest BCUT2D eigenvalue weighted by molar-refractivity contribution is -0.175. The van der Waals surface area contributed by atoms with Gasteiger partial charge in [0.05, 0.1) is 11.5 Å². The first kappa shape index (κ1) is 14.2. The molecular formula is C8H12F3NO4S. The maximum absolute atomic E-state index is 11.7. The van der Waals surface area contributed by atoms with Crippen LogP contribution in [0.1, 0.15) is 6.42 Å². The molecule has 0 unspecified atom stereocenters. The van der Waals surface area contributed by atoms with Crippen molar-refractivity contribution in [2.75, 3.05) is 24.7 Å². The maximum Gasteiger partial charge on any atom is 0.411 e. The number of halogens is 3. The van der Waals surface area contributed by atoms with Gasteiger partial charge in [-0.25, -0.2) is 8.42 Å². The monoisotopic (exact) mass is 275 g/mol. The van der Waals surface area contributed by atoms with Crippen LogP contribution in [0.2, 0.25) is 0 Å². The molecular weight excluding hydrogens is 263 g/mol. The minimum Gasteiger partial charge on any atom is -0.362 e. The molecule has 9 heteroatoms. The number of ether oxygens (including phenoxy) is 1. The third kappa shape index (κ3) is 5.87. The van der Waals surface area contributed by atoms with Crippen LogP contribution in [-0.4, -0.2) is 51.3 Å². The Labute approximate surface area is 96.2 Å². The third-order valence-corrected chi connectivity index (χ3v) is 3.86. The largest absolute Gasteiger partial charge is 0.411 e. The van der Waals surface area contributed by atoms with Crippen molar-refractivity contribution in [2.24, 2.45) is 0 Å². The number of nitrogens with one attached hydrogen (secondary N) is 1. The van der Waals surface area contributed by atoms with Crippen LogP contribution in [0.4, 0.5) is 13.2 Å². The van der Waals surface area contributed by atoms with Gasteiger partial charge in [-0.3, -0.25) is 4.79 Å². The first-order chi connectivity index (χ1) is 7.68. The molecule has 0 saturated carbocycles. The highest BCUT2D eigenvalue weighted by Crippen LogP contribution is 2.14. The van der Waals surface area contributed by atoms with E-state index in [1.165, 1.54) is 0 Å². The van der Waals surface area contributed by atoms with Crippen LogP contribution in [0.3, 0.4) is 0 Å². The van der Waals surface area contributed by atoms with Crippen molar-refractivity contribution in [3.63, 3.8) is 0 Å². The summed E-state index contributed by atoms with van der Waals surface area (Å²) in [6.07, 6.45) is -4.19. The lowest BCUT2D eigenvalue weighted by Crippen LogP contribution is -2.38. The summed E-state index contributed by atoms with van der Waals surface area (Å²) in [5.41, 5.74) is 0. The first-order valence-corrected chi connectivity index (χ1v) is 6.64. The number of hydrogen-bond donors (Lipinski definition) is 1. The van der Waals surface area contributed by atoms with Gasteiger partial charge in [0, 0.05) is 6.04 Å². The molecule has 1 rings (SSSR count). The Kier molecular flexibility index (Phi) is 4.36. The highest BCUT2D eigenvalue weighted by atomic mass is 32.2. The number of rotatable bonds is 4. The van der Waals surface area contributed by atoms with Crippen LogP contribution < -0.4 is 5.32 Å². The van der Waals surface area contributed by atoms with Crippen LogP contribution in [0, 0.1) is 0 Å².